The molecule has 0 saturated carbocycles. The van der Waals surface area contributed by atoms with Gasteiger partial charge in [-0.1, -0.05) is 0 Å². The van der Waals surface area contributed by atoms with Gasteiger partial charge in [0.25, 0.3) is 0 Å². The number of carboxylic acids is 1. The number of carboxylic acid groups (broad SMARTS) is 1. The molecule has 0 aliphatic heterocycles. The normalized spacial score (nSPS) is 9.94. The van der Waals surface area contributed by atoms with Gasteiger partial charge in [0.2, 0.25) is 0 Å². The summed E-state index contributed by atoms with van der Waals surface area (Å²) in [5, 5.41) is 11.5. The molecule has 16 heavy (non-hydrogen) atoms. The van der Waals surface area contributed by atoms with Crippen LogP contribution in [0.5, 0.6) is 5.75 Å². The average molecular weight is 223 g/mol. The minimum atomic E-state index is -0.870. The molecular weight excluding hydrogens is 206 g/mol. The molecule has 0 heterocycles. The summed E-state index contributed by atoms with van der Waals surface area (Å²) in [6.07, 6.45) is 0. The zero-order chi connectivity index (χ0) is 12.1. The van der Waals surface area contributed by atoms with Gasteiger partial charge >= 0.3 is 5.97 Å². The fourth-order valence-corrected chi connectivity index (χ4v) is 1.46. The van der Waals surface area contributed by atoms with Gasteiger partial charge in [0.1, 0.15) is 12.3 Å². The van der Waals surface area contributed by atoms with E-state index in [2.05, 4.69) is 5.32 Å². The van der Waals surface area contributed by atoms with E-state index in [1.165, 1.54) is 0 Å². The fraction of sp³-hybridized carbons (Fsp3) is 0.417. The van der Waals surface area contributed by atoms with Crippen LogP contribution in [0, 0.1) is 13.8 Å². The van der Waals surface area contributed by atoms with E-state index in [0.717, 1.165) is 22.6 Å². The predicted molar refractivity (Wildman–Crippen MR) is 63.2 cm³/mol. The zero-order valence-electron chi connectivity index (χ0n) is 9.83. The maximum atomic E-state index is 10.5. The molecule has 0 aliphatic rings. The molecule has 0 atom stereocenters. The molecule has 0 unspecified atom stereocenters. The third-order valence-electron chi connectivity index (χ3n) is 2.25. The number of ether oxygens (including phenoxy) is 1. The summed E-state index contributed by atoms with van der Waals surface area (Å²) in [6, 6.07) is 3.83. The molecule has 4 heteroatoms. The van der Waals surface area contributed by atoms with E-state index >= 15 is 0 Å². The first-order valence-electron chi connectivity index (χ1n) is 5.24. The molecule has 0 spiro atoms. The van der Waals surface area contributed by atoms with Gasteiger partial charge in [0.15, 0.2) is 0 Å². The van der Waals surface area contributed by atoms with Gasteiger partial charge in [-0.2, -0.15) is 0 Å². The van der Waals surface area contributed by atoms with Gasteiger partial charge in [-0.3, -0.25) is 4.79 Å². The Hall–Kier alpha value is -1.71. The van der Waals surface area contributed by atoms with Crippen molar-refractivity contribution < 1.29 is 14.6 Å². The molecular formula is C12H17NO3. The van der Waals surface area contributed by atoms with E-state index in [0.29, 0.717) is 6.61 Å². The number of carbonyl (C=O) groups is 1. The maximum Gasteiger partial charge on any atom is 0.322 e. The van der Waals surface area contributed by atoms with Crippen LogP contribution in [0.1, 0.15) is 18.1 Å². The lowest BCUT2D eigenvalue weighted by molar-refractivity contribution is -0.134. The smallest absolute Gasteiger partial charge is 0.322 e. The molecule has 0 radical (unpaired) electrons. The Balaban J connectivity index is 2.87. The molecule has 0 aliphatic carbocycles. The molecule has 0 fully saturated rings. The Kier molecular flexibility index (Phi) is 4.17. The van der Waals surface area contributed by atoms with Crippen LogP contribution >= 0.6 is 0 Å². The summed E-state index contributed by atoms with van der Waals surface area (Å²) in [6.45, 7) is 6.35. The van der Waals surface area contributed by atoms with E-state index in [1.807, 2.05) is 32.9 Å². The summed E-state index contributed by atoms with van der Waals surface area (Å²) in [5.41, 5.74) is 2.82. The Morgan fingerprint density at radius 1 is 1.38 bits per heavy atom. The highest BCUT2D eigenvalue weighted by Crippen LogP contribution is 2.26. The van der Waals surface area contributed by atoms with Crippen LogP contribution in [0.4, 0.5) is 5.69 Å². The summed E-state index contributed by atoms with van der Waals surface area (Å²) in [5.74, 6) is -0.0215. The van der Waals surface area contributed by atoms with Crippen molar-refractivity contribution in [2.75, 3.05) is 18.5 Å². The predicted octanol–water partition coefficient (Wildman–Crippen LogP) is 2.20. The Labute approximate surface area is 95.2 Å². The molecule has 0 bridgehead atoms. The van der Waals surface area contributed by atoms with Crippen LogP contribution in [-0.2, 0) is 4.79 Å². The fourth-order valence-electron chi connectivity index (χ4n) is 1.46. The van der Waals surface area contributed by atoms with Crippen molar-refractivity contribution in [3.63, 3.8) is 0 Å². The van der Waals surface area contributed by atoms with E-state index in [9.17, 15) is 4.79 Å². The lowest BCUT2D eigenvalue weighted by atomic mass is 10.1. The van der Waals surface area contributed by atoms with Crippen molar-refractivity contribution in [1.29, 1.82) is 0 Å². The van der Waals surface area contributed by atoms with Crippen LogP contribution in [0.3, 0.4) is 0 Å². The van der Waals surface area contributed by atoms with Gasteiger partial charge < -0.3 is 15.2 Å². The van der Waals surface area contributed by atoms with Crippen LogP contribution < -0.4 is 10.1 Å². The van der Waals surface area contributed by atoms with Crippen LogP contribution in [0.15, 0.2) is 12.1 Å². The number of anilines is 1. The van der Waals surface area contributed by atoms with E-state index < -0.39 is 5.97 Å². The number of rotatable bonds is 5. The number of aryl methyl sites for hydroxylation is 2. The molecule has 4 nitrogen and oxygen atoms in total. The number of aliphatic carboxylic acids is 1. The second kappa shape index (κ2) is 5.39. The van der Waals surface area contributed by atoms with Crippen LogP contribution in [0.2, 0.25) is 0 Å². The molecule has 1 rings (SSSR count). The Morgan fingerprint density at radius 3 is 2.62 bits per heavy atom. The van der Waals surface area contributed by atoms with Gasteiger partial charge in [0, 0.05) is 5.69 Å². The third-order valence-corrected chi connectivity index (χ3v) is 2.25. The summed E-state index contributed by atoms with van der Waals surface area (Å²) >= 11 is 0. The topological polar surface area (TPSA) is 58.6 Å². The highest BCUT2D eigenvalue weighted by molar-refractivity contribution is 5.73. The van der Waals surface area contributed by atoms with Gasteiger partial charge in [0.05, 0.1) is 6.61 Å². The molecule has 2 N–H and O–H groups in total. The summed E-state index contributed by atoms with van der Waals surface area (Å²) in [4.78, 5) is 10.5. The Morgan fingerprint density at radius 2 is 2.06 bits per heavy atom. The van der Waals surface area contributed by atoms with Crippen molar-refractivity contribution in [1.82, 2.24) is 0 Å². The zero-order valence-corrected chi connectivity index (χ0v) is 9.83. The minimum absolute atomic E-state index is 0.0751. The van der Waals surface area contributed by atoms with Gasteiger partial charge in [-0.15, -0.1) is 0 Å². The lowest BCUT2D eigenvalue weighted by Crippen LogP contribution is -2.13. The standard InChI is InChI=1S/C12H17NO3/c1-4-16-11-6-8(2)10(5-9(11)3)13-7-12(14)15/h5-6,13H,4,7H2,1-3H3,(H,14,15). The molecule has 0 amide bonds. The SMILES string of the molecule is CCOc1cc(C)c(NCC(=O)O)cc1C. The van der Waals surface area contributed by atoms with Crippen molar-refractivity contribution in [2.45, 2.75) is 20.8 Å². The molecule has 1 aromatic rings. The summed E-state index contributed by atoms with van der Waals surface area (Å²) < 4.78 is 5.45. The molecule has 0 saturated heterocycles. The number of benzene rings is 1. The van der Waals surface area contributed by atoms with Crippen molar-refractivity contribution in [2.24, 2.45) is 0 Å². The van der Waals surface area contributed by atoms with E-state index in [4.69, 9.17) is 9.84 Å². The van der Waals surface area contributed by atoms with Crippen molar-refractivity contribution in [3.8, 4) is 5.75 Å². The minimum Gasteiger partial charge on any atom is -0.494 e. The second-order valence-electron chi connectivity index (χ2n) is 3.61. The van der Waals surface area contributed by atoms with Crippen LogP contribution in [-0.4, -0.2) is 24.2 Å². The first kappa shape index (κ1) is 12.4. The highest BCUT2D eigenvalue weighted by Gasteiger charge is 2.06. The van der Waals surface area contributed by atoms with Crippen molar-refractivity contribution >= 4 is 11.7 Å². The maximum absolute atomic E-state index is 10.5. The van der Waals surface area contributed by atoms with Crippen molar-refractivity contribution in [3.05, 3.63) is 23.3 Å². The number of hydrogen-bond donors (Lipinski definition) is 2. The quantitative estimate of drug-likeness (QED) is 0.803. The highest BCUT2D eigenvalue weighted by atomic mass is 16.5. The number of nitrogens with one attached hydrogen (secondary N) is 1. The largest absolute Gasteiger partial charge is 0.494 e. The Bertz CT molecular complexity index is 388. The van der Waals surface area contributed by atoms with E-state index in [-0.39, 0.29) is 6.54 Å². The average Bonchev–Trinajstić information content (AvgIpc) is 2.21. The molecule has 1 aromatic carbocycles. The second-order valence-corrected chi connectivity index (χ2v) is 3.61. The lowest BCUT2D eigenvalue weighted by Gasteiger charge is -2.13. The van der Waals surface area contributed by atoms with Gasteiger partial charge in [-0.25, -0.2) is 0 Å². The van der Waals surface area contributed by atoms with Crippen LogP contribution in [0.25, 0.3) is 0 Å². The number of hydrogen-bond acceptors (Lipinski definition) is 3. The van der Waals surface area contributed by atoms with E-state index in [1.54, 1.807) is 0 Å². The first-order chi connectivity index (χ1) is 7.54. The third kappa shape index (κ3) is 3.15. The van der Waals surface area contributed by atoms with Gasteiger partial charge in [-0.05, 0) is 44.0 Å². The summed E-state index contributed by atoms with van der Waals surface area (Å²) in [7, 11) is 0. The molecule has 88 valence electrons. The monoisotopic (exact) mass is 223 g/mol. The molecule has 0 aromatic heterocycles. The first-order valence-corrected chi connectivity index (χ1v) is 5.24.